The summed E-state index contributed by atoms with van der Waals surface area (Å²) in [5.41, 5.74) is 1.06. The highest BCUT2D eigenvalue weighted by molar-refractivity contribution is 5.85. The van der Waals surface area contributed by atoms with Crippen molar-refractivity contribution in [2.45, 2.75) is 31.7 Å². The van der Waals surface area contributed by atoms with Crippen molar-refractivity contribution >= 4 is 24.2 Å². The fraction of sp³-hybridized carbons (Fsp3) is 0.556. The molecule has 2 aliphatic heterocycles. The van der Waals surface area contributed by atoms with E-state index in [2.05, 4.69) is 10.6 Å². The molecule has 2 fully saturated rings. The monoisotopic (exact) mass is 351 g/mol. The Morgan fingerprint density at radius 2 is 2.08 bits per heavy atom. The molecular weight excluding hydrogens is 326 g/mol. The van der Waals surface area contributed by atoms with Crippen LogP contribution in [-0.4, -0.2) is 42.9 Å². The van der Waals surface area contributed by atoms with E-state index in [1.54, 1.807) is 0 Å². The number of halogens is 1. The van der Waals surface area contributed by atoms with Crippen LogP contribution in [0.3, 0.4) is 0 Å². The molecule has 0 spiro atoms. The predicted octanol–water partition coefficient (Wildman–Crippen LogP) is 1.89. The lowest BCUT2D eigenvalue weighted by Gasteiger charge is -2.28. The first-order chi connectivity index (χ1) is 11.2. The molecule has 1 aromatic rings. The summed E-state index contributed by atoms with van der Waals surface area (Å²) >= 11 is 0. The average molecular weight is 352 g/mol. The average Bonchev–Trinajstić information content (AvgIpc) is 3.00. The van der Waals surface area contributed by atoms with Gasteiger partial charge in [0.25, 0.3) is 0 Å². The van der Waals surface area contributed by atoms with Crippen molar-refractivity contribution < 1.29 is 9.59 Å². The lowest BCUT2D eigenvalue weighted by molar-refractivity contribution is -0.130. The van der Waals surface area contributed by atoms with Crippen molar-refractivity contribution in [2.24, 2.45) is 5.92 Å². The number of rotatable bonds is 5. The maximum atomic E-state index is 12.6. The minimum atomic E-state index is -0.132. The molecule has 24 heavy (non-hydrogen) atoms. The van der Waals surface area contributed by atoms with Crippen LogP contribution in [0.1, 0.15) is 37.3 Å². The molecular formula is C18H26ClN3O2. The number of piperidine rings is 1. The smallest absolute Gasteiger partial charge is 0.224 e. The van der Waals surface area contributed by atoms with Gasteiger partial charge in [-0.3, -0.25) is 9.59 Å². The number of nitrogens with one attached hydrogen (secondary N) is 2. The van der Waals surface area contributed by atoms with Gasteiger partial charge in [0.1, 0.15) is 0 Å². The van der Waals surface area contributed by atoms with Gasteiger partial charge in [-0.25, -0.2) is 0 Å². The summed E-state index contributed by atoms with van der Waals surface area (Å²) in [5, 5.41) is 6.46. The molecule has 2 amide bonds. The molecule has 0 aliphatic carbocycles. The summed E-state index contributed by atoms with van der Waals surface area (Å²) in [7, 11) is 0. The van der Waals surface area contributed by atoms with E-state index in [9.17, 15) is 9.59 Å². The van der Waals surface area contributed by atoms with Gasteiger partial charge >= 0.3 is 0 Å². The van der Waals surface area contributed by atoms with Crippen LogP contribution in [0, 0.1) is 5.92 Å². The number of benzene rings is 1. The van der Waals surface area contributed by atoms with E-state index in [-0.39, 0.29) is 36.2 Å². The molecule has 6 heteroatoms. The Hall–Kier alpha value is -1.59. The zero-order valence-electron chi connectivity index (χ0n) is 13.9. The lowest BCUT2D eigenvalue weighted by Crippen LogP contribution is -2.44. The van der Waals surface area contributed by atoms with Crippen LogP contribution in [-0.2, 0) is 9.59 Å². The summed E-state index contributed by atoms with van der Waals surface area (Å²) in [4.78, 5) is 26.4. The van der Waals surface area contributed by atoms with E-state index in [0.29, 0.717) is 13.0 Å². The predicted molar refractivity (Wildman–Crippen MR) is 96.0 cm³/mol. The first kappa shape index (κ1) is 18.7. The maximum Gasteiger partial charge on any atom is 0.224 e. The zero-order valence-corrected chi connectivity index (χ0v) is 14.7. The second-order valence-corrected chi connectivity index (χ2v) is 6.46. The summed E-state index contributed by atoms with van der Waals surface area (Å²) in [6.07, 6.45) is 3.52. The van der Waals surface area contributed by atoms with Gasteiger partial charge in [-0.15, -0.1) is 12.4 Å². The van der Waals surface area contributed by atoms with Crippen LogP contribution in [0.4, 0.5) is 0 Å². The van der Waals surface area contributed by atoms with E-state index in [1.807, 2.05) is 35.2 Å². The van der Waals surface area contributed by atoms with Gasteiger partial charge in [0.15, 0.2) is 0 Å². The van der Waals surface area contributed by atoms with E-state index >= 15 is 0 Å². The van der Waals surface area contributed by atoms with Gasteiger partial charge in [-0.05, 0) is 31.4 Å². The Morgan fingerprint density at radius 3 is 2.71 bits per heavy atom. The van der Waals surface area contributed by atoms with Crippen molar-refractivity contribution in [3.05, 3.63) is 35.9 Å². The third-order valence-electron chi connectivity index (χ3n) is 4.76. The molecule has 132 valence electrons. The highest BCUT2D eigenvalue weighted by atomic mass is 35.5. The van der Waals surface area contributed by atoms with Crippen LogP contribution >= 0.6 is 12.4 Å². The Balaban J connectivity index is 0.00000208. The fourth-order valence-electron chi connectivity index (χ4n) is 3.40. The molecule has 0 radical (unpaired) electrons. The number of amides is 2. The van der Waals surface area contributed by atoms with Crippen LogP contribution in [0.15, 0.2) is 30.3 Å². The Kier molecular flexibility index (Phi) is 7.06. The number of carbonyl (C=O) groups excluding carboxylic acids is 2. The van der Waals surface area contributed by atoms with Crippen LogP contribution in [0.25, 0.3) is 0 Å². The molecule has 2 atom stereocenters. The number of carbonyl (C=O) groups is 2. The number of hydrogen-bond donors (Lipinski definition) is 2. The summed E-state index contributed by atoms with van der Waals surface area (Å²) in [6, 6.07) is 9.82. The number of nitrogens with zero attached hydrogens (tertiary/aromatic N) is 1. The van der Waals surface area contributed by atoms with Crippen molar-refractivity contribution in [2.75, 3.05) is 26.2 Å². The Morgan fingerprint density at radius 1 is 1.29 bits per heavy atom. The summed E-state index contributed by atoms with van der Waals surface area (Å²) in [6.45, 7) is 3.10. The van der Waals surface area contributed by atoms with Crippen LogP contribution < -0.4 is 10.6 Å². The molecule has 0 saturated carbocycles. The molecule has 0 bridgehead atoms. The van der Waals surface area contributed by atoms with Crippen molar-refractivity contribution in [3.8, 4) is 0 Å². The van der Waals surface area contributed by atoms with Gasteiger partial charge in [0.2, 0.25) is 11.8 Å². The van der Waals surface area contributed by atoms with Crippen molar-refractivity contribution in [1.29, 1.82) is 0 Å². The second kappa shape index (κ2) is 9.04. The van der Waals surface area contributed by atoms with Crippen LogP contribution in [0.5, 0.6) is 0 Å². The number of likely N-dealkylation sites (tertiary alicyclic amines) is 1. The number of hydrogen-bond acceptors (Lipinski definition) is 3. The quantitative estimate of drug-likeness (QED) is 0.851. The first-order valence-corrected chi connectivity index (χ1v) is 8.58. The minimum Gasteiger partial charge on any atom is -0.347 e. The van der Waals surface area contributed by atoms with Crippen molar-refractivity contribution in [1.82, 2.24) is 15.5 Å². The van der Waals surface area contributed by atoms with Gasteiger partial charge in [-0.2, -0.15) is 0 Å². The van der Waals surface area contributed by atoms with Gasteiger partial charge in [0, 0.05) is 26.1 Å². The molecule has 2 unspecified atom stereocenters. The SMILES string of the molecule is Cl.O=C(NC(CN1CCCC1=O)c1ccccc1)C1CCCNC1. The maximum absolute atomic E-state index is 12.6. The summed E-state index contributed by atoms with van der Waals surface area (Å²) in [5.74, 6) is 0.321. The fourth-order valence-corrected chi connectivity index (χ4v) is 3.40. The van der Waals surface area contributed by atoms with E-state index in [4.69, 9.17) is 0 Å². The van der Waals surface area contributed by atoms with Gasteiger partial charge in [-0.1, -0.05) is 30.3 Å². The minimum absolute atomic E-state index is 0. The molecule has 2 N–H and O–H groups in total. The van der Waals surface area contributed by atoms with E-state index in [0.717, 1.165) is 44.5 Å². The molecule has 1 aromatic carbocycles. The lowest BCUT2D eigenvalue weighted by atomic mass is 9.97. The summed E-state index contributed by atoms with van der Waals surface area (Å²) < 4.78 is 0. The van der Waals surface area contributed by atoms with E-state index in [1.165, 1.54) is 0 Å². The Labute approximate surface area is 149 Å². The van der Waals surface area contributed by atoms with Crippen molar-refractivity contribution in [3.63, 3.8) is 0 Å². The highest BCUT2D eigenvalue weighted by Crippen LogP contribution is 2.20. The molecule has 2 heterocycles. The van der Waals surface area contributed by atoms with Gasteiger partial charge in [0.05, 0.1) is 12.0 Å². The Bertz CT molecular complexity index is 546. The largest absolute Gasteiger partial charge is 0.347 e. The highest BCUT2D eigenvalue weighted by Gasteiger charge is 2.28. The second-order valence-electron chi connectivity index (χ2n) is 6.46. The van der Waals surface area contributed by atoms with E-state index < -0.39 is 0 Å². The third-order valence-corrected chi connectivity index (χ3v) is 4.76. The molecule has 2 saturated heterocycles. The molecule has 2 aliphatic rings. The molecule has 3 rings (SSSR count). The molecule has 5 nitrogen and oxygen atoms in total. The topological polar surface area (TPSA) is 61.4 Å². The zero-order chi connectivity index (χ0) is 16.1. The molecule has 0 aromatic heterocycles. The van der Waals surface area contributed by atoms with Crippen LogP contribution in [0.2, 0.25) is 0 Å². The van der Waals surface area contributed by atoms with Gasteiger partial charge < -0.3 is 15.5 Å². The first-order valence-electron chi connectivity index (χ1n) is 8.58. The normalized spacial score (nSPS) is 21.9. The third kappa shape index (κ3) is 4.71. The standard InChI is InChI=1S/C18H25N3O2.ClH/c22-17-9-5-11-21(17)13-16(14-6-2-1-3-7-14)20-18(23)15-8-4-10-19-12-15;/h1-3,6-7,15-16,19H,4-5,8-13H2,(H,20,23);1H.